The standard InChI is InChI=1S/C17H27NO2/c1-13-6-7-16(14(2)10-13)20-12-15(19)11-18-17(3)8-4-5-9-17/h6-7,10,15,18-19H,4-5,8-9,11-12H2,1-3H3. The smallest absolute Gasteiger partial charge is 0.122 e. The van der Waals surface area contributed by atoms with Crippen LogP contribution in [0.1, 0.15) is 43.7 Å². The molecule has 1 unspecified atom stereocenters. The summed E-state index contributed by atoms with van der Waals surface area (Å²) in [6, 6.07) is 6.11. The highest BCUT2D eigenvalue weighted by Gasteiger charge is 2.28. The van der Waals surface area contributed by atoms with E-state index >= 15 is 0 Å². The van der Waals surface area contributed by atoms with Crippen molar-refractivity contribution in [1.82, 2.24) is 5.32 Å². The number of aryl methyl sites for hydroxylation is 2. The number of β-amino-alcohol motifs (C(OH)–C–C–N with tert-alkyl or cyclic N) is 1. The van der Waals surface area contributed by atoms with E-state index in [4.69, 9.17) is 4.74 Å². The molecule has 0 aromatic heterocycles. The molecule has 1 atom stereocenters. The van der Waals surface area contributed by atoms with Gasteiger partial charge < -0.3 is 15.2 Å². The van der Waals surface area contributed by atoms with Gasteiger partial charge in [0.15, 0.2) is 0 Å². The van der Waals surface area contributed by atoms with Crippen LogP contribution in [-0.2, 0) is 0 Å². The lowest BCUT2D eigenvalue weighted by Crippen LogP contribution is -2.44. The van der Waals surface area contributed by atoms with E-state index in [-0.39, 0.29) is 5.54 Å². The largest absolute Gasteiger partial charge is 0.491 e. The summed E-state index contributed by atoms with van der Waals surface area (Å²) in [5, 5.41) is 13.5. The zero-order valence-corrected chi connectivity index (χ0v) is 12.9. The van der Waals surface area contributed by atoms with E-state index in [1.165, 1.54) is 31.2 Å². The molecule has 2 N–H and O–H groups in total. The first-order valence-corrected chi connectivity index (χ1v) is 7.62. The number of hydrogen-bond donors (Lipinski definition) is 2. The topological polar surface area (TPSA) is 41.5 Å². The number of aliphatic hydroxyl groups is 1. The lowest BCUT2D eigenvalue weighted by molar-refractivity contribution is 0.0976. The van der Waals surface area contributed by atoms with Gasteiger partial charge >= 0.3 is 0 Å². The molecule has 0 heterocycles. The minimum atomic E-state index is -0.465. The molecule has 1 aromatic carbocycles. The molecule has 1 aliphatic carbocycles. The Morgan fingerprint density at radius 2 is 2.00 bits per heavy atom. The predicted octanol–water partition coefficient (Wildman–Crippen LogP) is 2.97. The van der Waals surface area contributed by atoms with E-state index in [2.05, 4.69) is 25.2 Å². The zero-order valence-electron chi connectivity index (χ0n) is 12.9. The molecule has 0 bridgehead atoms. The van der Waals surface area contributed by atoms with E-state index in [0.29, 0.717) is 13.2 Å². The lowest BCUT2D eigenvalue weighted by Gasteiger charge is -2.27. The number of rotatable bonds is 6. The third-order valence-electron chi connectivity index (χ3n) is 4.23. The second kappa shape index (κ2) is 6.59. The lowest BCUT2D eigenvalue weighted by atomic mass is 10.0. The molecule has 112 valence electrons. The number of ether oxygens (including phenoxy) is 1. The van der Waals surface area contributed by atoms with Crippen molar-refractivity contribution < 1.29 is 9.84 Å². The van der Waals surface area contributed by atoms with Gasteiger partial charge in [-0.1, -0.05) is 30.5 Å². The molecule has 3 heteroatoms. The average molecular weight is 277 g/mol. The maximum atomic E-state index is 10.0. The van der Waals surface area contributed by atoms with Crippen molar-refractivity contribution in [2.45, 2.75) is 58.1 Å². The Morgan fingerprint density at radius 1 is 1.30 bits per heavy atom. The van der Waals surface area contributed by atoms with E-state index in [9.17, 15) is 5.11 Å². The molecule has 1 saturated carbocycles. The summed E-state index contributed by atoms with van der Waals surface area (Å²) in [7, 11) is 0. The fraction of sp³-hybridized carbons (Fsp3) is 0.647. The van der Waals surface area contributed by atoms with Crippen LogP contribution in [0.2, 0.25) is 0 Å². The first-order chi connectivity index (χ1) is 9.48. The maximum absolute atomic E-state index is 10.0. The predicted molar refractivity (Wildman–Crippen MR) is 82.3 cm³/mol. The van der Waals surface area contributed by atoms with Crippen LogP contribution in [0.4, 0.5) is 0 Å². The van der Waals surface area contributed by atoms with Gasteiger partial charge in [0.1, 0.15) is 18.5 Å². The highest BCUT2D eigenvalue weighted by atomic mass is 16.5. The first kappa shape index (κ1) is 15.3. The Labute approximate surface area is 122 Å². The summed E-state index contributed by atoms with van der Waals surface area (Å²) in [6.07, 6.45) is 4.53. The molecular weight excluding hydrogens is 250 g/mol. The van der Waals surface area contributed by atoms with Crippen molar-refractivity contribution in [3.63, 3.8) is 0 Å². The fourth-order valence-electron chi connectivity index (χ4n) is 2.90. The quantitative estimate of drug-likeness (QED) is 0.840. The molecule has 0 amide bonds. The van der Waals surface area contributed by atoms with Gasteiger partial charge in [-0.2, -0.15) is 0 Å². The van der Waals surface area contributed by atoms with Crippen LogP contribution in [-0.4, -0.2) is 29.9 Å². The number of hydrogen-bond acceptors (Lipinski definition) is 3. The Morgan fingerprint density at radius 3 is 2.65 bits per heavy atom. The van der Waals surface area contributed by atoms with Crippen LogP contribution in [0, 0.1) is 13.8 Å². The minimum Gasteiger partial charge on any atom is -0.491 e. The normalized spacial score (nSPS) is 19.0. The van der Waals surface area contributed by atoms with Crippen LogP contribution in [0.25, 0.3) is 0 Å². The number of aliphatic hydroxyl groups excluding tert-OH is 1. The highest BCUT2D eigenvalue weighted by Crippen LogP contribution is 2.28. The van der Waals surface area contributed by atoms with Gasteiger partial charge in [-0.05, 0) is 45.2 Å². The molecule has 20 heavy (non-hydrogen) atoms. The highest BCUT2D eigenvalue weighted by molar-refractivity contribution is 5.35. The minimum absolute atomic E-state index is 0.209. The molecule has 0 radical (unpaired) electrons. The summed E-state index contributed by atoms with van der Waals surface area (Å²) in [5.41, 5.74) is 2.56. The monoisotopic (exact) mass is 277 g/mol. The Balaban J connectivity index is 1.75. The molecule has 2 rings (SSSR count). The fourth-order valence-corrected chi connectivity index (χ4v) is 2.90. The molecule has 0 spiro atoms. The average Bonchev–Trinajstić information content (AvgIpc) is 2.83. The maximum Gasteiger partial charge on any atom is 0.122 e. The van der Waals surface area contributed by atoms with Crippen molar-refractivity contribution in [2.24, 2.45) is 0 Å². The van der Waals surface area contributed by atoms with Gasteiger partial charge in [-0.25, -0.2) is 0 Å². The third-order valence-corrected chi connectivity index (χ3v) is 4.23. The zero-order chi connectivity index (χ0) is 14.6. The van der Waals surface area contributed by atoms with E-state index in [0.717, 1.165) is 11.3 Å². The van der Waals surface area contributed by atoms with Crippen molar-refractivity contribution in [3.05, 3.63) is 29.3 Å². The Kier molecular flexibility index (Phi) is 5.06. The second-order valence-electron chi connectivity index (χ2n) is 6.38. The second-order valence-corrected chi connectivity index (χ2v) is 6.38. The molecule has 1 aliphatic rings. The summed E-state index contributed by atoms with van der Waals surface area (Å²) in [5.74, 6) is 0.863. The van der Waals surface area contributed by atoms with E-state index in [1.54, 1.807) is 0 Å². The first-order valence-electron chi connectivity index (χ1n) is 7.62. The molecule has 1 aromatic rings. The van der Waals surface area contributed by atoms with Gasteiger partial charge in [0.2, 0.25) is 0 Å². The summed E-state index contributed by atoms with van der Waals surface area (Å²) in [6.45, 7) is 7.29. The molecule has 0 aliphatic heterocycles. The molecular formula is C17H27NO2. The van der Waals surface area contributed by atoms with Crippen LogP contribution in [0.3, 0.4) is 0 Å². The van der Waals surface area contributed by atoms with Crippen LogP contribution >= 0.6 is 0 Å². The van der Waals surface area contributed by atoms with Crippen molar-refractivity contribution >= 4 is 0 Å². The Bertz CT molecular complexity index is 439. The number of benzene rings is 1. The van der Waals surface area contributed by atoms with Gasteiger partial charge in [-0.3, -0.25) is 0 Å². The van der Waals surface area contributed by atoms with E-state index < -0.39 is 6.10 Å². The van der Waals surface area contributed by atoms with Gasteiger partial charge in [-0.15, -0.1) is 0 Å². The third kappa shape index (κ3) is 4.22. The van der Waals surface area contributed by atoms with Crippen molar-refractivity contribution in [2.75, 3.05) is 13.2 Å². The van der Waals surface area contributed by atoms with Gasteiger partial charge in [0.25, 0.3) is 0 Å². The van der Waals surface area contributed by atoms with E-state index in [1.807, 2.05) is 19.1 Å². The summed E-state index contributed by atoms with van der Waals surface area (Å²) >= 11 is 0. The molecule has 3 nitrogen and oxygen atoms in total. The SMILES string of the molecule is Cc1ccc(OCC(O)CNC2(C)CCCC2)c(C)c1. The van der Waals surface area contributed by atoms with Crippen LogP contribution in [0.15, 0.2) is 18.2 Å². The summed E-state index contributed by atoms with van der Waals surface area (Å²) < 4.78 is 5.71. The van der Waals surface area contributed by atoms with Crippen molar-refractivity contribution in [1.29, 1.82) is 0 Å². The summed E-state index contributed by atoms with van der Waals surface area (Å²) in [4.78, 5) is 0. The van der Waals surface area contributed by atoms with Gasteiger partial charge in [0.05, 0.1) is 0 Å². The molecule has 1 fully saturated rings. The number of nitrogens with one attached hydrogen (secondary N) is 1. The van der Waals surface area contributed by atoms with Crippen LogP contribution < -0.4 is 10.1 Å². The van der Waals surface area contributed by atoms with Crippen LogP contribution in [0.5, 0.6) is 5.75 Å². The van der Waals surface area contributed by atoms with Gasteiger partial charge in [0, 0.05) is 12.1 Å². The molecule has 0 saturated heterocycles. The Hall–Kier alpha value is -1.06. The van der Waals surface area contributed by atoms with Crippen molar-refractivity contribution in [3.8, 4) is 5.75 Å².